The van der Waals surface area contributed by atoms with Crippen molar-refractivity contribution in [2.24, 2.45) is 11.1 Å². The van der Waals surface area contributed by atoms with E-state index in [-0.39, 0.29) is 11.2 Å². The fourth-order valence-corrected chi connectivity index (χ4v) is 2.47. The molecule has 0 atom stereocenters. The summed E-state index contributed by atoms with van der Waals surface area (Å²) in [6.07, 6.45) is 4.26. The van der Waals surface area contributed by atoms with Crippen molar-refractivity contribution in [1.29, 1.82) is 0 Å². The molecule has 4 heteroatoms. The number of nitrogens with two attached hydrogens (primary N) is 1. The van der Waals surface area contributed by atoms with Crippen molar-refractivity contribution < 1.29 is 8.81 Å². The number of benzene rings is 1. The van der Waals surface area contributed by atoms with Crippen molar-refractivity contribution in [3.8, 4) is 0 Å². The lowest BCUT2D eigenvalue weighted by atomic mass is 9.67. The standard InChI is InChI=1S/C13H15FN2O/c14-9-2-3-10-11(6-9)17-12(16-10)7-13(8-15)4-1-5-13/h2-3,6H,1,4-5,7-8,15H2. The van der Waals surface area contributed by atoms with E-state index in [1.807, 2.05) is 0 Å². The van der Waals surface area contributed by atoms with E-state index in [0.29, 0.717) is 23.5 Å². The van der Waals surface area contributed by atoms with Crippen molar-refractivity contribution in [2.75, 3.05) is 6.54 Å². The Morgan fingerprint density at radius 2 is 2.24 bits per heavy atom. The van der Waals surface area contributed by atoms with Gasteiger partial charge < -0.3 is 10.2 Å². The van der Waals surface area contributed by atoms with Crippen LogP contribution in [0.4, 0.5) is 4.39 Å². The lowest BCUT2D eigenvalue weighted by molar-refractivity contribution is 0.134. The zero-order valence-electron chi connectivity index (χ0n) is 9.58. The van der Waals surface area contributed by atoms with Gasteiger partial charge in [-0.2, -0.15) is 0 Å². The minimum Gasteiger partial charge on any atom is -0.441 e. The summed E-state index contributed by atoms with van der Waals surface area (Å²) in [5.41, 5.74) is 7.21. The van der Waals surface area contributed by atoms with Gasteiger partial charge in [-0.05, 0) is 36.9 Å². The topological polar surface area (TPSA) is 52.0 Å². The van der Waals surface area contributed by atoms with E-state index in [9.17, 15) is 4.39 Å². The smallest absolute Gasteiger partial charge is 0.196 e. The highest BCUT2D eigenvalue weighted by Crippen LogP contribution is 2.42. The summed E-state index contributed by atoms with van der Waals surface area (Å²) in [4.78, 5) is 4.38. The highest BCUT2D eigenvalue weighted by Gasteiger charge is 2.37. The van der Waals surface area contributed by atoms with Crippen molar-refractivity contribution in [2.45, 2.75) is 25.7 Å². The zero-order valence-corrected chi connectivity index (χ0v) is 9.58. The van der Waals surface area contributed by atoms with Crippen LogP contribution in [0.2, 0.25) is 0 Å². The first-order valence-corrected chi connectivity index (χ1v) is 5.96. The third-order valence-electron chi connectivity index (χ3n) is 3.77. The molecule has 17 heavy (non-hydrogen) atoms. The molecule has 0 saturated heterocycles. The average Bonchev–Trinajstić information content (AvgIpc) is 2.65. The van der Waals surface area contributed by atoms with E-state index >= 15 is 0 Å². The molecule has 3 nitrogen and oxygen atoms in total. The molecule has 0 radical (unpaired) electrons. The summed E-state index contributed by atoms with van der Waals surface area (Å²) in [6.45, 7) is 0.667. The Morgan fingerprint density at radius 1 is 1.41 bits per heavy atom. The lowest BCUT2D eigenvalue weighted by Gasteiger charge is -2.39. The maximum absolute atomic E-state index is 13.0. The van der Waals surface area contributed by atoms with Gasteiger partial charge in [0.25, 0.3) is 0 Å². The highest BCUT2D eigenvalue weighted by atomic mass is 19.1. The Labute approximate surface area is 98.8 Å². The molecule has 2 N–H and O–H groups in total. The normalized spacial score (nSPS) is 18.2. The van der Waals surface area contributed by atoms with Gasteiger partial charge in [0.05, 0.1) is 0 Å². The van der Waals surface area contributed by atoms with Crippen LogP contribution in [0.3, 0.4) is 0 Å². The van der Waals surface area contributed by atoms with Crippen LogP contribution < -0.4 is 5.73 Å². The van der Waals surface area contributed by atoms with E-state index in [4.69, 9.17) is 10.2 Å². The van der Waals surface area contributed by atoms with Crippen molar-refractivity contribution >= 4 is 11.1 Å². The quantitative estimate of drug-likeness (QED) is 0.888. The molecule has 1 heterocycles. The number of rotatable bonds is 3. The molecule has 1 aliphatic rings. The summed E-state index contributed by atoms with van der Waals surface area (Å²) in [7, 11) is 0. The van der Waals surface area contributed by atoms with Crippen molar-refractivity contribution in [1.82, 2.24) is 4.98 Å². The van der Waals surface area contributed by atoms with Crippen molar-refractivity contribution in [3.63, 3.8) is 0 Å². The predicted molar refractivity (Wildman–Crippen MR) is 63.0 cm³/mol. The van der Waals surface area contributed by atoms with E-state index < -0.39 is 0 Å². The fraction of sp³-hybridized carbons (Fsp3) is 0.462. The highest BCUT2D eigenvalue weighted by molar-refractivity contribution is 5.72. The van der Waals surface area contributed by atoms with Crippen LogP contribution in [0.1, 0.15) is 25.2 Å². The first kappa shape index (κ1) is 10.7. The summed E-state index contributed by atoms with van der Waals surface area (Å²) in [5, 5.41) is 0. The molecule has 90 valence electrons. The molecule has 1 aliphatic carbocycles. The van der Waals surface area contributed by atoms with E-state index in [1.165, 1.54) is 18.6 Å². The largest absolute Gasteiger partial charge is 0.441 e. The van der Waals surface area contributed by atoms with Crippen LogP contribution in [-0.2, 0) is 6.42 Å². The Kier molecular flexibility index (Phi) is 2.40. The van der Waals surface area contributed by atoms with Gasteiger partial charge >= 0.3 is 0 Å². The molecule has 1 aromatic heterocycles. The number of aromatic nitrogens is 1. The number of halogens is 1. The molecular formula is C13H15FN2O. The van der Waals surface area contributed by atoms with Gasteiger partial charge in [0.15, 0.2) is 11.5 Å². The lowest BCUT2D eigenvalue weighted by Crippen LogP contribution is -2.39. The average molecular weight is 234 g/mol. The maximum Gasteiger partial charge on any atom is 0.196 e. The molecule has 1 fully saturated rings. The first-order chi connectivity index (χ1) is 8.21. The van der Waals surface area contributed by atoms with Gasteiger partial charge in [0.1, 0.15) is 11.3 Å². The van der Waals surface area contributed by atoms with E-state index in [0.717, 1.165) is 19.3 Å². The minimum atomic E-state index is -0.294. The second-order valence-corrected chi connectivity index (χ2v) is 4.95. The monoisotopic (exact) mass is 234 g/mol. The first-order valence-electron chi connectivity index (χ1n) is 5.96. The molecule has 0 bridgehead atoms. The van der Waals surface area contributed by atoms with Gasteiger partial charge in [0, 0.05) is 12.5 Å². The SMILES string of the molecule is NCC1(Cc2nc3ccc(F)cc3o2)CCC1. The fourth-order valence-electron chi connectivity index (χ4n) is 2.47. The van der Waals surface area contributed by atoms with Gasteiger partial charge in [-0.1, -0.05) is 6.42 Å². The molecule has 0 unspecified atom stereocenters. The minimum absolute atomic E-state index is 0.166. The summed E-state index contributed by atoms with van der Waals surface area (Å²) in [6, 6.07) is 4.42. The Bertz CT molecular complexity index is 540. The molecule has 3 rings (SSSR count). The molecule has 0 amide bonds. The maximum atomic E-state index is 13.0. The molecule has 1 saturated carbocycles. The van der Waals surface area contributed by atoms with E-state index in [1.54, 1.807) is 6.07 Å². The van der Waals surface area contributed by atoms with Gasteiger partial charge in [-0.3, -0.25) is 0 Å². The summed E-state index contributed by atoms with van der Waals surface area (Å²) < 4.78 is 18.6. The van der Waals surface area contributed by atoms with Crippen LogP contribution in [0.25, 0.3) is 11.1 Å². The van der Waals surface area contributed by atoms with Crippen LogP contribution in [0.5, 0.6) is 0 Å². The van der Waals surface area contributed by atoms with E-state index in [2.05, 4.69) is 4.98 Å². The van der Waals surface area contributed by atoms with Crippen molar-refractivity contribution in [3.05, 3.63) is 29.9 Å². The van der Waals surface area contributed by atoms with Crippen LogP contribution in [-0.4, -0.2) is 11.5 Å². The second kappa shape index (κ2) is 3.81. The zero-order chi connectivity index (χ0) is 11.9. The predicted octanol–water partition coefficient (Wildman–Crippen LogP) is 2.64. The molecule has 2 aromatic rings. The third-order valence-corrected chi connectivity index (χ3v) is 3.77. The molecule has 0 spiro atoms. The second-order valence-electron chi connectivity index (χ2n) is 4.95. The Morgan fingerprint density at radius 3 is 2.88 bits per heavy atom. The number of fused-ring (bicyclic) bond motifs is 1. The number of nitrogens with zero attached hydrogens (tertiary/aromatic N) is 1. The Hall–Kier alpha value is -1.42. The number of oxazole rings is 1. The molecule has 1 aromatic carbocycles. The van der Waals surface area contributed by atoms with Crippen LogP contribution >= 0.6 is 0 Å². The van der Waals surface area contributed by atoms with Gasteiger partial charge in [-0.25, -0.2) is 9.37 Å². The van der Waals surface area contributed by atoms with Crippen LogP contribution in [0.15, 0.2) is 22.6 Å². The Balaban J connectivity index is 1.90. The summed E-state index contributed by atoms with van der Waals surface area (Å²) in [5.74, 6) is 0.383. The molecule has 0 aliphatic heterocycles. The van der Waals surface area contributed by atoms with Crippen LogP contribution in [0, 0.1) is 11.2 Å². The van der Waals surface area contributed by atoms with Gasteiger partial charge in [-0.15, -0.1) is 0 Å². The molecular weight excluding hydrogens is 219 g/mol. The summed E-state index contributed by atoms with van der Waals surface area (Å²) >= 11 is 0. The number of hydrogen-bond acceptors (Lipinski definition) is 3. The number of hydrogen-bond donors (Lipinski definition) is 1. The van der Waals surface area contributed by atoms with Gasteiger partial charge in [0.2, 0.25) is 0 Å². The third kappa shape index (κ3) is 1.82.